The Kier molecular flexibility index (Phi) is 5.42. The van der Waals surface area contributed by atoms with E-state index in [2.05, 4.69) is 10.2 Å². The summed E-state index contributed by atoms with van der Waals surface area (Å²) in [7, 11) is 0. The highest BCUT2D eigenvalue weighted by atomic mass is 35.5. The number of Topliss-reactive ketones (excluding diaryl/α,β-unsaturated/α-hetero) is 1. The predicted molar refractivity (Wildman–Crippen MR) is 108 cm³/mol. The van der Waals surface area contributed by atoms with Crippen molar-refractivity contribution in [3.05, 3.63) is 75.8 Å². The summed E-state index contributed by atoms with van der Waals surface area (Å²) < 4.78 is 8.06. The molecule has 0 aliphatic rings. The number of carbonyl (C=O) groups is 1. The van der Waals surface area contributed by atoms with Gasteiger partial charge in [-0.15, -0.1) is 21.5 Å². The molecule has 0 N–H and O–H groups in total. The minimum atomic E-state index is 0.0192. The van der Waals surface area contributed by atoms with Crippen molar-refractivity contribution in [2.45, 2.75) is 11.7 Å². The van der Waals surface area contributed by atoms with E-state index in [9.17, 15) is 4.79 Å². The molecule has 0 spiro atoms. The molecule has 0 aliphatic carbocycles. The van der Waals surface area contributed by atoms with E-state index in [4.69, 9.17) is 16.0 Å². The maximum atomic E-state index is 12.4. The van der Waals surface area contributed by atoms with Gasteiger partial charge < -0.3 is 4.42 Å². The lowest BCUT2D eigenvalue weighted by molar-refractivity contribution is 0.102. The van der Waals surface area contributed by atoms with Crippen molar-refractivity contribution >= 4 is 40.5 Å². The Morgan fingerprint density at radius 1 is 1.11 bits per heavy atom. The number of thiophene rings is 1. The number of halogens is 1. The number of aromatic nitrogens is 3. The Morgan fingerprint density at radius 2 is 1.96 bits per heavy atom. The second kappa shape index (κ2) is 8.12. The number of hydrogen-bond acceptors (Lipinski definition) is 6. The minimum Gasteiger partial charge on any atom is -0.467 e. The number of furan rings is 1. The van der Waals surface area contributed by atoms with Crippen LogP contribution in [0.15, 0.2) is 70.4 Å². The highest BCUT2D eigenvalue weighted by Gasteiger charge is 2.18. The van der Waals surface area contributed by atoms with Gasteiger partial charge >= 0.3 is 0 Å². The molecular formula is C19H14ClN3O2S2. The van der Waals surface area contributed by atoms with Crippen LogP contribution in [0.5, 0.6) is 0 Å². The lowest BCUT2D eigenvalue weighted by Crippen LogP contribution is -2.06. The molecule has 0 aliphatic heterocycles. The Balaban J connectivity index is 1.60. The van der Waals surface area contributed by atoms with Gasteiger partial charge in [-0.2, -0.15) is 0 Å². The van der Waals surface area contributed by atoms with Gasteiger partial charge in [0.25, 0.3) is 0 Å². The topological polar surface area (TPSA) is 60.9 Å². The van der Waals surface area contributed by atoms with Crippen molar-refractivity contribution in [3.8, 4) is 11.4 Å². The fourth-order valence-electron chi connectivity index (χ4n) is 2.56. The van der Waals surface area contributed by atoms with E-state index < -0.39 is 0 Å². The van der Waals surface area contributed by atoms with Gasteiger partial charge in [0.15, 0.2) is 16.8 Å². The van der Waals surface area contributed by atoms with Crippen LogP contribution in [0.25, 0.3) is 11.4 Å². The third-order valence-electron chi connectivity index (χ3n) is 3.82. The summed E-state index contributed by atoms with van der Waals surface area (Å²) in [6.45, 7) is 0.492. The standard InChI is InChI=1S/C19H14ClN3O2S2/c20-17-9-8-16(27-17)15(24)12-26-19-22-21-18(13-5-2-1-3-6-13)23(19)11-14-7-4-10-25-14/h1-10H,11-12H2. The number of nitrogens with zero attached hydrogens (tertiary/aromatic N) is 3. The van der Waals surface area contributed by atoms with Crippen LogP contribution in [0.4, 0.5) is 0 Å². The van der Waals surface area contributed by atoms with E-state index in [0.717, 1.165) is 17.1 Å². The Hall–Kier alpha value is -2.35. The summed E-state index contributed by atoms with van der Waals surface area (Å²) >= 11 is 8.56. The summed E-state index contributed by atoms with van der Waals surface area (Å²) in [5.41, 5.74) is 0.958. The molecule has 0 saturated heterocycles. The van der Waals surface area contributed by atoms with Gasteiger partial charge in [0.2, 0.25) is 0 Å². The molecule has 3 aromatic heterocycles. The zero-order chi connectivity index (χ0) is 18.6. The summed E-state index contributed by atoms with van der Waals surface area (Å²) in [5, 5.41) is 9.31. The maximum absolute atomic E-state index is 12.4. The third kappa shape index (κ3) is 4.16. The maximum Gasteiger partial charge on any atom is 0.192 e. The minimum absolute atomic E-state index is 0.0192. The van der Waals surface area contributed by atoms with Crippen LogP contribution in [0.1, 0.15) is 15.4 Å². The second-order valence-electron chi connectivity index (χ2n) is 5.65. The molecule has 4 rings (SSSR count). The van der Waals surface area contributed by atoms with Crippen molar-refractivity contribution in [2.24, 2.45) is 0 Å². The van der Waals surface area contributed by atoms with Crippen LogP contribution in [0.3, 0.4) is 0 Å². The molecule has 0 saturated carbocycles. The zero-order valence-electron chi connectivity index (χ0n) is 14.0. The van der Waals surface area contributed by atoms with Gasteiger partial charge in [-0.1, -0.05) is 53.7 Å². The van der Waals surface area contributed by atoms with Gasteiger partial charge in [-0.25, -0.2) is 0 Å². The molecule has 0 atom stereocenters. The smallest absolute Gasteiger partial charge is 0.192 e. The van der Waals surface area contributed by atoms with Crippen LogP contribution < -0.4 is 0 Å². The number of carbonyl (C=O) groups excluding carboxylic acids is 1. The molecule has 5 nitrogen and oxygen atoms in total. The zero-order valence-corrected chi connectivity index (χ0v) is 16.4. The predicted octanol–water partition coefficient (Wildman–Crippen LogP) is 5.28. The third-order valence-corrected chi connectivity index (χ3v) is 6.06. The number of hydrogen-bond donors (Lipinski definition) is 0. The van der Waals surface area contributed by atoms with Crippen LogP contribution >= 0.6 is 34.7 Å². The van der Waals surface area contributed by atoms with Gasteiger partial charge in [0, 0.05) is 5.56 Å². The van der Waals surface area contributed by atoms with Gasteiger partial charge in [0.1, 0.15) is 5.76 Å². The van der Waals surface area contributed by atoms with E-state index >= 15 is 0 Å². The first-order valence-corrected chi connectivity index (χ1v) is 10.3. The summed E-state index contributed by atoms with van der Waals surface area (Å²) in [4.78, 5) is 13.0. The summed E-state index contributed by atoms with van der Waals surface area (Å²) in [6.07, 6.45) is 1.64. The molecule has 0 unspecified atom stereocenters. The van der Waals surface area contributed by atoms with E-state index in [1.165, 1.54) is 23.1 Å². The van der Waals surface area contributed by atoms with E-state index in [1.54, 1.807) is 18.4 Å². The molecule has 4 aromatic rings. The monoisotopic (exact) mass is 415 g/mol. The molecule has 0 fully saturated rings. The molecule has 27 heavy (non-hydrogen) atoms. The first-order valence-electron chi connectivity index (χ1n) is 8.13. The van der Waals surface area contributed by atoms with Crippen molar-refractivity contribution in [3.63, 3.8) is 0 Å². The van der Waals surface area contributed by atoms with Gasteiger partial charge in [0.05, 0.1) is 27.8 Å². The Morgan fingerprint density at radius 3 is 2.67 bits per heavy atom. The lowest BCUT2D eigenvalue weighted by atomic mass is 10.2. The van der Waals surface area contributed by atoms with Crippen LogP contribution in [0, 0.1) is 0 Å². The van der Waals surface area contributed by atoms with Crippen molar-refractivity contribution in [2.75, 3.05) is 5.75 Å². The highest BCUT2D eigenvalue weighted by Crippen LogP contribution is 2.27. The fourth-order valence-corrected chi connectivity index (χ4v) is 4.46. The quantitative estimate of drug-likeness (QED) is 0.303. The highest BCUT2D eigenvalue weighted by molar-refractivity contribution is 7.99. The van der Waals surface area contributed by atoms with Crippen LogP contribution in [-0.2, 0) is 6.54 Å². The molecule has 136 valence electrons. The molecular weight excluding hydrogens is 402 g/mol. The van der Waals surface area contributed by atoms with E-state index in [-0.39, 0.29) is 11.5 Å². The number of thioether (sulfide) groups is 1. The number of benzene rings is 1. The Bertz CT molecular complexity index is 1040. The van der Waals surface area contributed by atoms with E-state index in [0.29, 0.717) is 20.9 Å². The normalized spacial score (nSPS) is 11.0. The average Bonchev–Trinajstić information content (AvgIpc) is 3.43. The lowest BCUT2D eigenvalue weighted by Gasteiger charge is -2.08. The summed E-state index contributed by atoms with van der Waals surface area (Å²) in [6, 6.07) is 17.1. The molecule has 1 aromatic carbocycles. The number of rotatable bonds is 7. The van der Waals surface area contributed by atoms with Crippen molar-refractivity contribution in [1.29, 1.82) is 0 Å². The molecule has 0 radical (unpaired) electrons. The van der Waals surface area contributed by atoms with Crippen molar-refractivity contribution < 1.29 is 9.21 Å². The molecule has 0 amide bonds. The Labute approximate surface area is 169 Å². The largest absolute Gasteiger partial charge is 0.467 e. The fraction of sp³-hybridized carbons (Fsp3) is 0.105. The van der Waals surface area contributed by atoms with E-state index in [1.807, 2.05) is 47.0 Å². The van der Waals surface area contributed by atoms with Crippen LogP contribution in [-0.4, -0.2) is 26.3 Å². The number of ketones is 1. The molecule has 3 heterocycles. The first-order chi connectivity index (χ1) is 13.2. The van der Waals surface area contributed by atoms with Crippen LogP contribution in [0.2, 0.25) is 4.34 Å². The van der Waals surface area contributed by atoms with Gasteiger partial charge in [-0.3, -0.25) is 9.36 Å². The SMILES string of the molecule is O=C(CSc1nnc(-c2ccccc2)n1Cc1ccco1)c1ccc(Cl)s1. The summed E-state index contributed by atoms with van der Waals surface area (Å²) in [5.74, 6) is 1.82. The molecule has 0 bridgehead atoms. The first kappa shape index (κ1) is 18.0. The van der Waals surface area contributed by atoms with Crippen molar-refractivity contribution in [1.82, 2.24) is 14.8 Å². The second-order valence-corrected chi connectivity index (χ2v) is 8.31. The average molecular weight is 416 g/mol. The van der Waals surface area contributed by atoms with Gasteiger partial charge in [-0.05, 0) is 24.3 Å². The molecule has 8 heteroatoms.